The zero-order valence-electron chi connectivity index (χ0n) is 12.8. The zero-order chi connectivity index (χ0) is 16.0. The number of carbonyl (C=O) groups is 1. The highest BCUT2D eigenvalue weighted by atomic mass is 32.2. The van der Waals surface area contributed by atoms with Crippen LogP contribution in [-0.4, -0.2) is 51.4 Å². The Morgan fingerprint density at radius 2 is 1.86 bits per heavy atom. The molecule has 0 aromatic heterocycles. The number of hydrogen-bond donors (Lipinski definition) is 2. The fourth-order valence-corrected chi connectivity index (χ4v) is 4.16. The van der Waals surface area contributed by atoms with Crippen molar-refractivity contribution in [2.75, 3.05) is 26.7 Å². The smallest absolute Gasteiger partial charge is 0.234 e. The Morgan fingerprint density at radius 3 is 2.45 bits per heavy atom. The zero-order valence-corrected chi connectivity index (χ0v) is 13.6. The van der Waals surface area contributed by atoms with Gasteiger partial charge in [-0.2, -0.15) is 0 Å². The van der Waals surface area contributed by atoms with Crippen molar-refractivity contribution in [3.05, 3.63) is 35.9 Å². The largest absolute Gasteiger partial charge is 0.352 e. The summed E-state index contributed by atoms with van der Waals surface area (Å²) in [6, 6.07) is 9.26. The van der Waals surface area contributed by atoms with Crippen molar-refractivity contribution in [1.82, 2.24) is 14.9 Å². The molecule has 1 amide bonds. The molecular weight excluding hydrogens is 302 g/mol. The molecule has 7 heteroatoms. The maximum absolute atomic E-state index is 12.4. The Kier molecular flexibility index (Phi) is 5.93. The highest BCUT2D eigenvalue weighted by Crippen LogP contribution is 2.17. The minimum Gasteiger partial charge on any atom is -0.352 e. The average Bonchev–Trinajstić information content (AvgIpc) is 2.48. The van der Waals surface area contributed by atoms with Gasteiger partial charge in [-0.25, -0.2) is 12.7 Å². The molecule has 1 aliphatic rings. The number of hydrogen-bond acceptors (Lipinski definition) is 4. The van der Waals surface area contributed by atoms with Crippen molar-refractivity contribution in [3.63, 3.8) is 0 Å². The predicted octanol–water partition coefficient (Wildman–Crippen LogP) is 0.316. The summed E-state index contributed by atoms with van der Waals surface area (Å²) in [5.74, 6) is -0.0157. The van der Waals surface area contributed by atoms with Crippen molar-refractivity contribution in [2.45, 2.75) is 24.6 Å². The molecule has 1 heterocycles. The topological polar surface area (TPSA) is 78.5 Å². The maximum Gasteiger partial charge on any atom is 0.234 e. The lowest BCUT2D eigenvalue weighted by Crippen LogP contribution is -2.48. The Labute approximate surface area is 131 Å². The second kappa shape index (κ2) is 7.71. The van der Waals surface area contributed by atoms with Crippen LogP contribution in [0.15, 0.2) is 30.3 Å². The van der Waals surface area contributed by atoms with Gasteiger partial charge in [0, 0.05) is 19.1 Å². The number of rotatable bonds is 6. The lowest BCUT2D eigenvalue weighted by Gasteiger charge is -2.31. The number of nitrogens with zero attached hydrogens (tertiary/aromatic N) is 1. The SMILES string of the molecule is CNCC(=O)NC1CCN(S(=O)(=O)Cc2ccccc2)CC1. The Balaban J connectivity index is 1.86. The molecule has 0 bridgehead atoms. The summed E-state index contributed by atoms with van der Waals surface area (Å²) >= 11 is 0. The van der Waals surface area contributed by atoms with Gasteiger partial charge in [-0.05, 0) is 25.5 Å². The first-order valence-corrected chi connectivity index (χ1v) is 9.08. The Morgan fingerprint density at radius 1 is 1.23 bits per heavy atom. The highest BCUT2D eigenvalue weighted by Gasteiger charge is 2.28. The molecule has 22 heavy (non-hydrogen) atoms. The summed E-state index contributed by atoms with van der Waals surface area (Å²) in [6.45, 7) is 1.20. The van der Waals surface area contributed by atoms with Gasteiger partial charge in [-0.1, -0.05) is 30.3 Å². The normalized spacial score (nSPS) is 17.3. The van der Waals surface area contributed by atoms with Crippen molar-refractivity contribution in [1.29, 1.82) is 0 Å². The summed E-state index contributed by atoms with van der Waals surface area (Å²) in [7, 11) is -1.57. The molecule has 0 aliphatic carbocycles. The first-order chi connectivity index (χ1) is 10.5. The van der Waals surface area contributed by atoms with E-state index in [1.54, 1.807) is 7.05 Å². The molecule has 0 unspecified atom stereocenters. The van der Waals surface area contributed by atoms with Crippen molar-refractivity contribution in [2.24, 2.45) is 0 Å². The van der Waals surface area contributed by atoms with E-state index in [4.69, 9.17) is 0 Å². The lowest BCUT2D eigenvalue weighted by molar-refractivity contribution is -0.121. The molecule has 0 radical (unpaired) electrons. The van der Waals surface area contributed by atoms with Gasteiger partial charge in [0.25, 0.3) is 0 Å². The highest BCUT2D eigenvalue weighted by molar-refractivity contribution is 7.88. The molecule has 6 nitrogen and oxygen atoms in total. The molecule has 1 saturated heterocycles. The van der Waals surface area contributed by atoms with Gasteiger partial charge in [-0.3, -0.25) is 4.79 Å². The summed E-state index contributed by atoms with van der Waals surface area (Å²) in [4.78, 5) is 11.5. The van der Waals surface area contributed by atoms with Gasteiger partial charge in [0.15, 0.2) is 0 Å². The van der Waals surface area contributed by atoms with Gasteiger partial charge in [0.05, 0.1) is 12.3 Å². The second-order valence-electron chi connectivity index (χ2n) is 5.51. The van der Waals surface area contributed by atoms with Gasteiger partial charge in [0.2, 0.25) is 15.9 Å². The minimum absolute atomic E-state index is 0.0324. The first kappa shape index (κ1) is 16.9. The third-order valence-corrected chi connectivity index (χ3v) is 5.59. The summed E-state index contributed by atoms with van der Waals surface area (Å²) in [6.07, 6.45) is 1.31. The monoisotopic (exact) mass is 325 g/mol. The molecule has 0 spiro atoms. The van der Waals surface area contributed by atoms with Crippen LogP contribution >= 0.6 is 0 Å². The summed E-state index contributed by atoms with van der Waals surface area (Å²) in [5.41, 5.74) is 0.798. The average molecular weight is 325 g/mol. The van der Waals surface area contributed by atoms with E-state index in [1.165, 1.54) is 4.31 Å². The van der Waals surface area contributed by atoms with E-state index in [2.05, 4.69) is 10.6 Å². The van der Waals surface area contributed by atoms with Crippen molar-refractivity contribution < 1.29 is 13.2 Å². The van der Waals surface area contributed by atoms with Crippen LogP contribution < -0.4 is 10.6 Å². The lowest BCUT2D eigenvalue weighted by atomic mass is 10.1. The van der Waals surface area contributed by atoms with E-state index in [0.717, 1.165) is 5.56 Å². The molecule has 1 aliphatic heterocycles. The number of amides is 1. The second-order valence-corrected chi connectivity index (χ2v) is 7.48. The van der Waals surface area contributed by atoms with Crippen molar-refractivity contribution >= 4 is 15.9 Å². The molecule has 0 atom stereocenters. The van der Waals surface area contributed by atoms with Gasteiger partial charge in [-0.15, -0.1) is 0 Å². The van der Waals surface area contributed by atoms with E-state index in [-0.39, 0.29) is 24.2 Å². The van der Waals surface area contributed by atoms with Gasteiger partial charge in [0.1, 0.15) is 0 Å². The third-order valence-electron chi connectivity index (χ3n) is 3.74. The van der Waals surface area contributed by atoms with Gasteiger partial charge < -0.3 is 10.6 Å². The summed E-state index contributed by atoms with van der Waals surface area (Å²) < 4.78 is 26.4. The molecule has 2 N–H and O–H groups in total. The molecule has 122 valence electrons. The van der Waals surface area contributed by atoms with Crippen LogP contribution in [0.1, 0.15) is 18.4 Å². The van der Waals surface area contributed by atoms with Crippen LogP contribution in [0.3, 0.4) is 0 Å². The number of piperidine rings is 1. The molecule has 1 aromatic carbocycles. The summed E-state index contributed by atoms with van der Waals surface area (Å²) in [5, 5.41) is 5.72. The minimum atomic E-state index is -3.29. The Hall–Kier alpha value is -1.44. The van der Waals surface area contributed by atoms with E-state index >= 15 is 0 Å². The van der Waals surface area contributed by atoms with Crippen LogP contribution in [0.4, 0.5) is 0 Å². The number of likely N-dealkylation sites (N-methyl/N-ethyl adjacent to an activating group) is 1. The number of sulfonamides is 1. The van der Waals surface area contributed by atoms with E-state index in [9.17, 15) is 13.2 Å². The molecular formula is C15H23N3O3S. The van der Waals surface area contributed by atoms with Crippen LogP contribution in [0.25, 0.3) is 0 Å². The Bertz CT molecular complexity index is 581. The van der Waals surface area contributed by atoms with E-state index < -0.39 is 10.0 Å². The number of nitrogens with one attached hydrogen (secondary N) is 2. The quantitative estimate of drug-likeness (QED) is 0.789. The first-order valence-electron chi connectivity index (χ1n) is 7.47. The molecule has 1 aromatic rings. The number of carbonyl (C=O) groups excluding carboxylic acids is 1. The van der Waals surface area contributed by atoms with E-state index in [1.807, 2.05) is 30.3 Å². The van der Waals surface area contributed by atoms with Crippen molar-refractivity contribution in [3.8, 4) is 0 Å². The fraction of sp³-hybridized carbons (Fsp3) is 0.533. The third kappa shape index (κ3) is 4.79. The van der Waals surface area contributed by atoms with Crippen LogP contribution in [-0.2, 0) is 20.6 Å². The van der Waals surface area contributed by atoms with Crippen LogP contribution in [0.2, 0.25) is 0 Å². The standard InChI is InChI=1S/C15H23N3O3S/c1-16-11-15(19)17-14-7-9-18(10-8-14)22(20,21)12-13-5-3-2-4-6-13/h2-6,14,16H,7-12H2,1H3,(H,17,19). The maximum atomic E-state index is 12.4. The molecule has 1 fully saturated rings. The van der Waals surface area contributed by atoms with E-state index in [0.29, 0.717) is 25.9 Å². The number of benzene rings is 1. The molecule has 0 saturated carbocycles. The van der Waals surface area contributed by atoms with Crippen LogP contribution in [0, 0.1) is 0 Å². The van der Waals surface area contributed by atoms with Gasteiger partial charge >= 0.3 is 0 Å². The fourth-order valence-electron chi connectivity index (χ4n) is 2.59. The van der Waals surface area contributed by atoms with Crippen LogP contribution in [0.5, 0.6) is 0 Å². The predicted molar refractivity (Wildman–Crippen MR) is 85.7 cm³/mol. The molecule has 2 rings (SSSR count).